The van der Waals surface area contributed by atoms with Crippen molar-refractivity contribution in [3.8, 4) is 11.5 Å². The van der Waals surface area contributed by atoms with Crippen LogP contribution in [-0.2, 0) is 4.79 Å². The summed E-state index contributed by atoms with van der Waals surface area (Å²) >= 11 is 0. The Hall–Kier alpha value is -1.88. The van der Waals surface area contributed by atoms with Crippen molar-refractivity contribution in [3.05, 3.63) is 23.8 Å². The van der Waals surface area contributed by atoms with E-state index in [0.717, 1.165) is 6.07 Å². The number of aromatic hydroxyl groups is 2. The topological polar surface area (TPSA) is 77.8 Å². The van der Waals surface area contributed by atoms with Crippen molar-refractivity contribution in [2.75, 3.05) is 20.1 Å². The Labute approximate surface area is 105 Å². The molecule has 2 N–H and O–H groups in total. The number of carbonyl (C=O) groups excluding carboxylic acids is 2. The summed E-state index contributed by atoms with van der Waals surface area (Å²) < 4.78 is 0. The first kappa shape index (κ1) is 12.6. The molecule has 1 saturated heterocycles. The molecule has 0 bridgehead atoms. The first-order chi connectivity index (χ1) is 8.49. The number of hydrogen-bond acceptors (Lipinski definition) is 5. The van der Waals surface area contributed by atoms with E-state index in [0.29, 0.717) is 19.5 Å². The van der Waals surface area contributed by atoms with Crippen molar-refractivity contribution < 1.29 is 19.8 Å². The zero-order valence-corrected chi connectivity index (χ0v) is 10.1. The van der Waals surface area contributed by atoms with Gasteiger partial charge < -0.3 is 15.1 Å². The zero-order chi connectivity index (χ0) is 13.3. The number of phenolic OH excluding ortho intramolecular Hbond substituents is 2. The molecule has 0 radical (unpaired) electrons. The lowest BCUT2D eigenvalue weighted by atomic mass is 9.88. The Kier molecular flexibility index (Phi) is 3.34. The van der Waals surface area contributed by atoms with Crippen molar-refractivity contribution in [3.63, 3.8) is 0 Å². The summed E-state index contributed by atoms with van der Waals surface area (Å²) in [6.07, 6.45) is 0.353. The largest absolute Gasteiger partial charge is 0.508 e. The molecular formula is C13H15NO4. The number of hydrogen-bond donors (Lipinski definition) is 2. The highest BCUT2D eigenvalue weighted by molar-refractivity contribution is 6.12. The van der Waals surface area contributed by atoms with Crippen molar-refractivity contribution in [1.29, 1.82) is 0 Å². The lowest BCUT2D eigenvalue weighted by Crippen LogP contribution is -2.42. The summed E-state index contributed by atoms with van der Waals surface area (Å²) in [4.78, 5) is 25.9. The van der Waals surface area contributed by atoms with Crippen LogP contribution in [0.15, 0.2) is 18.2 Å². The van der Waals surface area contributed by atoms with Crippen LogP contribution >= 0.6 is 0 Å². The van der Waals surface area contributed by atoms with Gasteiger partial charge in [-0.1, -0.05) is 0 Å². The van der Waals surface area contributed by atoms with Gasteiger partial charge in [-0.3, -0.25) is 9.59 Å². The number of phenols is 2. The van der Waals surface area contributed by atoms with Crippen molar-refractivity contribution in [1.82, 2.24) is 4.90 Å². The molecule has 96 valence electrons. The summed E-state index contributed by atoms with van der Waals surface area (Å²) in [6, 6.07) is 3.77. The molecule has 1 fully saturated rings. The number of piperidine rings is 1. The third-order valence-electron chi connectivity index (χ3n) is 3.19. The second kappa shape index (κ2) is 4.78. The summed E-state index contributed by atoms with van der Waals surface area (Å²) in [7, 11) is 1.85. The van der Waals surface area contributed by atoms with Gasteiger partial charge in [-0.05, 0) is 19.2 Å². The van der Waals surface area contributed by atoms with Gasteiger partial charge in [-0.15, -0.1) is 0 Å². The summed E-state index contributed by atoms with van der Waals surface area (Å²) in [5, 5.41) is 18.8. The summed E-state index contributed by atoms with van der Waals surface area (Å²) in [5.41, 5.74) is 0.0847. The van der Waals surface area contributed by atoms with Crippen LogP contribution in [-0.4, -0.2) is 46.8 Å². The lowest BCUT2D eigenvalue weighted by molar-refractivity contribution is -0.124. The monoisotopic (exact) mass is 249 g/mol. The maximum atomic E-state index is 12.2. The molecule has 2 rings (SSSR count). The minimum Gasteiger partial charge on any atom is -0.508 e. The highest BCUT2D eigenvalue weighted by Crippen LogP contribution is 2.26. The number of carbonyl (C=O) groups is 2. The van der Waals surface area contributed by atoms with Crippen LogP contribution < -0.4 is 0 Å². The smallest absolute Gasteiger partial charge is 0.178 e. The van der Waals surface area contributed by atoms with Crippen LogP contribution in [0.3, 0.4) is 0 Å². The quantitative estimate of drug-likeness (QED) is 0.599. The fraction of sp³-hybridized carbons (Fsp3) is 0.385. The normalized spacial score (nSPS) is 20.9. The zero-order valence-electron chi connectivity index (χ0n) is 10.1. The molecule has 1 unspecified atom stereocenters. The number of ketones is 2. The molecule has 1 heterocycles. The number of likely N-dealkylation sites (tertiary alicyclic amines) is 1. The van der Waals surface area contributed by atoms with E-state index in [9.17, 15) is 19.8 Å². The van der Waals surface area contributed by atoms with Crippen molar-refractivity contribution in [2.24, 2.45) is 5.92 Å². The van der Waals surface area contributed by atoms with Crippen LogP contribution in [0.2, 0.25) is 0 Å². The molecule has 18 heavy (non-hydrogen) atoms. The van der Waals surface area contributed by atoms with Gasteiger partial charge in [0, 0.05) is 25.6 Å². The first-order valence-electron chi connectivity index (χ1n) is 5.76. The maximum absolute atomic E-state index is 12.2. The average molecular weight is 249 g/mol. The maximum Gasteiger partial charge on any atom is 0.178 e. The third kappa shape index (κ3) is 2.36. The van der Waals surface area contributed by atoms with Crippen LogP contribution in [0.25, 0.3) is 0 Å². The molecule has 1 aliphatic heterocycles. The molecule has 0 spiro atoms. The average Bonchev–Trinajstić information content (AvgIpc) is 2.31. The van der Waals surface area contributed by atoms with Crippen LogP contribution in [0.5, 0.6) is 11.5 Å². The Morgan fingerprint density at radius 1 is 1.39 bits per heavy atom. The molecule has 1 aromatic rings. The Morgan fingerprint density at radius 2 is 2.11 bits per heavy atom. The minimum absolute atomic E-state index is 0.0847. The molecular weight excluding hydrogens is 234 g/mol. The van der Waals surface area contributed by atoms with E-state index in [1.165, 1.54) is 12.1 Å². The molecule has 0 amide bonds. The predicted octanol–water partition coefficient (Wildman–Crippen LogP) is 0.801. The Balaban J connectivity index is 2.27. The molecule has 1 atom stereocenters. The number of benzene rings is 1. The van der Waals surface area contributed by atoms with E-state index >= 15 is 0 Å². The third-order valence-corrected chi connectivity index (χ3v) is 3.19. The van der Waals surface area contributed by atoms with E-state index < -0.39 is 5.92 Å². The van der Waals surface area contributed by atoms with Gasteiger partial charge in [-0.2, -0.15) is 0 Å². The van der Waals surface area contributed by atoms with Crippen LogP contribution in [0.1, 0.15) is 16.8 Å². The lowest BCUT2D eigenvalue weighted by Gasteiger charge is -2.27. The van der Waals surface area contributed by atoms with E-state index in [1.54, 1.807) is 0 Å². The van der Waals surface area contributed by atoms with E-state index in [4.69, 9.17) is 0 Å². The molecule has 1 aliphatic rings. The Morgan fingerprint density at radius 3 is 2.78 bits per heavy atom. The van der Waals surface area contributed by atoms with Gasteiger partial charge in [0.05, 0.1) is 11.5 Å². The van der Waals surface area contributed by atoms with E-state index in [-0.39, 0.29) is 28.6 Å². The predicted molar refractivity (Wildman–Crippen MR) is 64.7 cm³/mol. The number of rotatable bonds is 2. The highest BCUT2D eigenvalue weighted by Gasteiger charge is 2.33. The van der Waals surface area contributed by atoms with Gasteiger partial charge >= 0.3 is 0 Å². The second-order valence-electron chi connectivity index (χ2n) is 4.60. The van der Waals surface area contributed by atoms with Gasteiger partial charge in [0.25, 0.3) is 0 Å². The molecule has 1 aromatic carbocycles. The molecule has 5 nitrogen and oxygen atoms in total. The molecule has 0 aliphatic carbocycles. The van der Waals surface area contributed by atoms with E-state index in [2.05, 4.69) is 0 Å². The highest BCUT2D eigenvalue weighted by atomic mass is 16.3. The summed E-state index contributed by atoms with van der Waals surface area (Å²) in [6.45, 7) is 1.03. The fourth-order valence-electron chi connectivity index (χ4n) is 2.13. The van der Waals surface area contributed by atoms with Gasteiger partial charge in [0.15, 0.2) is 5.78 Å². The summed E-state index contributed by atoms with van der Waals surface area (Å²) in [5.74, 6) is -1.61. The fourth-order valence-corrected chi connectivity index (χ4v) is 2.13. The SMILES string of the molecule is CN1CCC(=O)C(C(=O)c2ccc(O)cc2O)C1. The minimum atomic E-state index is -0.723. The van der Waals surface area contributed by atoms with Crippen LogP contribution in [0, 0.1) is 5.92 Å². The van der Waals surface area contributed by atoms with Crippen molar-refractivity contribution in [2.45, 2.75) is 6.42 Å². The molecule has 0 aromatic heterocycles. The second-order valence-corrected chi connectivity index (χ2v) is 4.60. The first-order valence-corrected chi connectivity index (χ1v) is 5.76. The molecule has 0 saturated carbocycles. The Bertz CT molecular complexity index is 498. The van der Waals surface area contributed by atoms with Crippen LogP contribution in [0.4, 0.5) is 0 Å². The number of nitrogens with zero attached hydrogens (tertiary/aromatic N) is 1. The van der Waals surface area contributed by atoms with E-state index in [1.807, 2.05) is 11.9 Å². The van der Waals surface area contributed by atoms with Crippen molar-refractivity contribution >= 4 is 11.6 Å². The number of Topliss-reactive ketones (excluding diaryl/α,β-unsaturated/α-hetero) is 2. The standard InChI is InChI=1S/C13H15NO4/c1-14-5-4-11(16)10(7-14)13(18)9-3-2-8(15)6-12(9)17/h2-3,6,10,15,17H,4-5,7H2,1H3. The molecule has 5 heteroatoms. The van der Waals surface area contributed by atoms with Gasteiger partial charge in [-0.25, -0.2) is 0 Å². The van der Waals surface area contributed by atoms with Gasteiger partial charge in [0.2, 0.25) is 0 Å². The van der Waals surface area contributed by atoms with Gasteiger partial charge in [0.1, 0.15) is 17.3 Å².